The third-order valence-electron chi connectivity index (χ3n) is 4.57. The van der Waals surface area contributed by atoms with Gasteiger partial charge in [0.1, 0.15) is 12.4 Å². The Kier molecular flexibility index (Phi) is 11.9. The zero-order chi connectivity index (χ0) is 26.3. The van der Waals surface area contributed by atoms with Crippen LogP contribution in [0.2, 0.25) is 0 Å². The highest BCUT2D eigenvalue weighted by Gasteiger charge is 2.27. The van der Waals surface area contributed by atoms with Crippen molar-refractivity contribution in [3.63, 3.8) is 0 Å². The summed E-state index contributed by atoms with van der Waals surface area (Å²) in [6.07, 6.45) is -0.696. The van der Waals surface area contributed by atoms with E-state index in [1.54, 1.807) is 45.0 Å². The van der Waals surface area contributed by atoms with Crippen molar-refractivity contribution in [3.05, 3.63) is 53.3 Å². The van der Waals surface area contributed by atoms with E-state index in [9.17, 15) is 9.59 Å². The van der Waals surface area contributed by atoms with Crippen LogP contribution in [0, 0.1) is 5.82 Å². The quantitative estimate of drug-likeness (QED) is 0.199. The third kappa shape index (κ3) is 8.69. The molecule has 0 aromatic heterocycles. The van der Waals surface area contributed by atoms with E-state index in [0.717, 1.165) is 11.6 Å². The molecule has 36 heavy (non-hydrogen) atoms. The largest absolute Gasteiger partial charge is 0.490 e. The molecule has 0 spiro atoms. The number of amides is 1. The first-order valence-corrected chi connectivity index (χ1v) is 11.5. The van der Waals surface area contributed by atoms with Crippen LogP contribution in [-0.4, -0.2) is 50.1 Å². The molecule has 0 aliphatic carbocycles. The Morgan fingerprint density at radius 3 is 2.42 bits per heavy atom. The first-order valence-electron chi connectivity index (χ1n) is 11.5. The van der Waals surface area contributed by atoms with Gasteiger partial charge < -0.3 is 30.0 Å². The summed E-state index contributed by atoms with van der Waals surface area (Å²) in [5.74, 6) is -1.04. The lowest BCUT2D eigenvalue weighted by molar-refractivity contribution is -0.144. The third-order valence-corrected chi connectivity index (χ3v) is 4.57. The molecule has 0 heterocycles. The zero-order valence-electron chi connectivity index (χ0n) is 20.5. The van der Waals surface area contributed by atoms with Gasteiger partial charge in [0.25, 0.3) is 0 Å². The van der Waals surface area contributed by atoms with E-state index in [1.165, 1.54) is 6.07 Å². The number of esters is 1. The minimum atomic E-state index is -1.17. The van der Waals surface area contributed by atoms with E-state index >= 15 is 4.39 Å². The second-order valence-electron chi connectivity index (χ2n) is 7.14. The predicted molar refractivity (Wildman–Crippen MR) is 128 cm³/mol. The number of aliphatic hydroxyl groups excluding tert-OH is 1. The first-order chi connectivity index (χ1) is 17.4. The van der Waals surface area contributed by atoms with Crippen molar-refractivity contribution in [2.45, 2.75) is 33.4 Å². The number of benzene rings is 2. The Morgan fingerprint density at radius 1 is 1.06 bits per heavy atom. The van der Waals surface area contributed by atoms with Gasteiger partial charge in [-0.15, -0.1) is 5.11 Å². The monoisotopic (exact) mass is 506 g/mol. The molecule has 0 saturated carbocycles. The molecule has 2 aromatic rings. The fourth-order valence-electron chi connectivity index (χ4n) is 3.02. The average molecular weight is 507 g/mol. The summed E-state index contributed by atoms with van der Waals surface area (Å²) in [6, 6.07) is 8.13. The summed E-state index contributed by atoms with van der Waals surface area (Å²) in [6.45, 7) is 5.83. The maximum absolute atomic E-state index is 15.1. The molecule has 0 fully saturated rings. The van der Waals surface area contributed by atoms with Gasteiger partial charge in [-0.1, -0.05) is 12.1 Å². The van der Waals surface area contributed by atoms with Gasteiger partial charge in [-0.05, 0) is 44.5 Å². The van der Waals surface area contributed by atoms with Gasteiger partial charge in [-0.2, -0.15) is 0 Å². The fraction of sp³-hybridized carbons (Fsp3) is 0.417. The molecule has 0 bridgehead atoms. The number of nitrogens with one attached hydrogen (secondary N) is 2. The lowest BCUT2D eigenvalue weighted by atomic mass is 10.0. The van der Waals surface area contributed by atoms with Crippen molar-refractivity contribution in [3.8, 4) is 11.5 Å². The van der Waals surface area contributed by atoms with Gasteiger partial charge >= 0.3 is 12.1 Å². The summed E-state index contributed by atoms with van der Waals surface area (Å²) in [5.41, 5.74) is 1.28. The molecule has 12 heteroatoms. The Balaban J connectivity index is 2.22. The Morgan fingerprint density at radius 2 is 1.78 bits per heavy atom. The molecular formula is C24H31FN4O7. The Labute approximate surface area is 208 Å². The molecule has 1 atom stereocenters. The van der Waals surface area contributed by atoms with Crippen LogP contribution in [0.3, 0.4) is 0 Å². The molecule has 3 N–H and O–H groups in total. The number of aliphatic hydroxyl groups is 1. The highest BCUT2D eigenvalue weighted by atomic mass is 19.1. The van der Waals surface area contributed by atoms with Gasteiger partial charge in [0.15, 0.2) is 17.5 Å². The van der Waals surface area contributed by atoms with Crippen molar-refractivity contribution in [1.29, 1.82) is 0 Å². The molecule has 1 amide bonds. The lowest BCUT2D eigenvalue weighted by Gasteiger charge is -2.21. The zero-order valence-corrected chi connectivity index (χ0v) is 20.5. The minimum absolute atomic E-state index is 0.00799. The molecule has 0 unspecified atom stereocenters. The molecular weight excluding hydrogens is 475 g/mol. The topological polar surface area (TPSA) is 140 Å². The Hall–Kier alpha value is -3.93. The average Bonchev–Trinajstić information content (AvgIpc) is 2.86. The van der Waals surface area contributed by atoms with Crippen LogP contribution < -0.4 is 20.1 Å². The van der Waals surface area contributed by atoms with Crippen molar-refractivity contribution >= 4 is 17.7 Å². The first kappa shape index (κ1) is 28.3. The van der Waals surface area contributed by atoms with Gasteiger partial charge in [0.2, 0.25) is 0 Å². The number of carbonyl (C=O) groups excluding carboxylic acids is 2. The number of ether oxygens (including phenoxy) is 3. The molecule has 196 valence electrons. The molecule has 11 nitrogen and oxygen atoms in total. The van der Waals surface area contributed by atoms with Crippen molar-refractivity contribution in [2.75, 3.05) is 38.3 Å². The van der Waals surface area contributed by atoms with E-state index in [4.69, 9.17) is 19.3 Å². The van der Waals surface area contributed by atoms with Crippen LogP contribution in [0.15, 0.2) is 46.8 Å². The predicted octanol–water partition coefficient (Wildman–Crippen LogP) is 3.93. The maximum Gasteiger partial charge on any atom is 0.434 e. The number of anilines is 1. The standard InChI is InChI=1S/C24H31FN4O7/c1-4-26-24(32)36-29-27-15-16-7-9-17(10-8-16)28-22(23(31)34-6-3)18-13-20(33-5-2)21(14-19(18)25)35-12-11-30/h7-10,13-14,22,28,30H,4-6,11-12,15H2,1-3H3,(H,26,32)/t22-/m1/s1. The van der Waals surface area contributed by atoms with Crippen LogP contribution in [-0.2, 0) is 20.9 Å². The number of nitrogens with zero attached hydrogens (tertiary/aromatic N) is 2. The maximum atomic E-state index is 15.1. The molecule has 0 saturated heterocycles. The van der Waals surface area contributed by atoms with Crippen LogP contribution >= 0.6 is 0 Å². The van der Waals surface area contributed by atoms with E-state index in [0.29, 0.717) is 12.2 Å². The van der Waals surface area contributed by atoms with Gasteiger partial charge in [-0.3, -0.25) is 4.84 Å². The normalized spacial score (nSPS) is 11.6. The molecule has 2 rings (SSSR count). The number of hydrogen-bond donors (Lipinski definition) is 3. The van der Waals surface area contributed by atoms with Gasteiger partial charge in [-0.25, -0.2) is 14.0 Å². The van der Waals surface area contributed by atoms with Gasteiger partial charge in [0.05, 0.1) is 26.4 Å². The van der Waals surface area contributed by atoms with Crippen molar-refractivity contribution in [1.82, 2.24) is 5.32 Å². The van der Waals surface area contributed by atoms with Gasteiger partial charge in [0, 0.05) is 29.1 Å². The summed E-state index contributed by atoms with van der Waals surface area (Å²) in [4.78, 5) is 28.4. The molecule has 0 aliphatic rings. The van der Waals surface area contributed by atoms with E-state index in [1.807, 2.05) is 0 Å². The summed E-state index contributed by atoms with van der Waals surface area (Å²) < 4.78 is 31.2. The van der Waals surface area contributed by atoms with Crippen molar-refractivity contribution < 1.29 is 38.1 Å². The summed E-state index contributed by atoms with van der Waals surface area (Å²) >= 11 is 0. The summed E-state index contributed by atoms with van der Waals surface area (Å²) in [7, 11) is 0. The smallest absolute Gasteiger partial charge is 0.434 e. The number of carbonyl (C=O) groups is 2. The van der Waals surface area contributed by atoms with E-state index in [2.05, 4.69) is 25.9 Å². The van der Waals surface area contributed by atoms with Crippen LogP contribution in [0.4, 0.5) is 14.9 Å². The van der Waals surface area contributed by atoms with Crippen LogP contribution in [0.5, 0.6) is 11.5 Å². The number of hydrogen-bond acceptors (Lipinski definition) is 10. The fourth-order valence-corrected chi connectivity index (χ4v) is 3.02. The SMILES string of the molecule is CCNC(=O)ON=NCc1ccc(N[C@@H](C(=O)OCC)c2cc(OCC)c(OCCO)cc2F)cc1. The highest BCUT2D eigenvalue weighted by molar-refractivity contribution is 5.81. The molecule has 0 aliphatic heterocycles. The lowest BCUT2D eigenvalue weighted by Crippen LogP contribution is -2.24. The van der Waals surface area contributed by atoms with Crippen molar-refractivity contribution in [2.24, 2.45) is 10.4 Å². The molecule has 0 radical (unpaired) electrons. The highest BCUT2D eigenvalue weighted by Crippen LogP contribution is 2.35. The Bertz CT molecular complexity index is 1020. The number of rotatable bonds is 14. The summed E-state index contributed by atoms with van der Waals surface area (Å²) in [5, 5.41) is 21.6. The second kappa shape index (κ2) is 15.1. The molecule has 2 aromatic carbocycles. The second-order valence-corrected chi connectivity index (χ2v) is 7.14. The van der Waals surface area contributed by atoms with E-state index < -0.39 is 23.9 Å². The van der Waals surface area contributed by atoms with Crippen LogP contribution in [0.25, 0.3) is 0 Å². The minimum Gasteiger partial charge on any atom is -0.490 e. The number of halogens is 1. The van der Waals surface area contributed by atoms with E-state index in [-0.39, 0.29) is 50.0 Å². The van der Waals surface area contributed by atoms with Crippen LogP contribution in [0.1, 0.15) is 37.9 Å².